The highest BCUT2D eigenvalue weighted by Crippen LogP contribution is 2.47. The summed E-state index contributed by atoms with van der Waals surface area (Å²) in [6.45, 7) is 9.10. The fraction of sp³-hybridized carbons (Fsp3) is 0.417. The first-order chi connectivity index (χ1) is 14.6. The summed E-state index contributed by atoms with van der Waals surface area (Å²) in [7, 11) is 0. The first-order valence-electron chi connectivity index (χ1n) is 9.81. The molecule has 172 valence electrons. The van der Waals surface area contributed by atoms with Crippen molar-refractivity contribution in [2.45, 2.75) is 53.0 Å². The number of carbonyl (C=O) groups excluding carboxylic acids is 1. The van der Waals surface area contributed by atoms with E-state index in [0.717, 1.165) is 18.2 Å². The van der Waals surface area contributed by atoms with Gasteiger partial charge in [-0.05, 0) is 56.2 Å². The quantitative estimate of drug-likeness (QED) is 0.502. The molecule has 0 unspecified atom stereocenters. The number of halogens is 3. The number of carbonyl (C=O) groups is 2. The predicted molar refractivity (Wildman–Crippen MR) is 112 cm³/mol. The van der Waals surface area contributed by atoms with Crippen molar-refractivity contribution in [3.63, 3.8) is 0 Å². The lowest BCUT2D eigenvalue weighted by Crippen LogP contribution is -2.50. The number of carboxylic acid groups (broad SMARTS) is 1. The Balaban J connectivity index is 2.35. The van der Waals surface area contributed by atoms with Crippen molar-refractivity contribution in [3.05, 3.63) is 52.6 Å². The van der Waals surface area contributed by atoms with Crippen LogP contribution in [0.15, 0.2) is 47.1 Å². The molecule has 1 atom stereocenters. The van der Waals surface area contributed by atoms with Crippen LogP contribution < -0.4 is 4.74 Å². The topological polar surface area (TPSA) is 72.8 Å². The summed E-state index contributed by atoms with van der Waals surface area (Å²) in [5.74, 6) is 4.07. The second kappa shape index (κ2) is 9.21. The zero-order valence-corrected chi connectivity index (χ0v) is 18.5. The van der Waals surface area contributed by atoms with Crippen molar-refractivity contribution in [2.24, 2.45) is 5.41 Å². The van der Waals surface area contributed by atoms with Gasteiger partial charge in [0, 0.05) is 23.5 Å². The summed E-state index contributed by atoms with van der Waals surface area (Å²) >= 11 is 0. The molecule has 5 nitrogen and oxygen atoms in total. The van der Waals surface area contributed by atoms with Gasteiger partial charge in [-0.15, -0.1) is 13.2 Å². The van der Waals surface area contributed by atoms with E-state index in [9.17, 15) is 22.8 Å². The smallest absolute Gasteiger partial charge is 0.478 e. The third-order valence-electron chi connectivity index (χ3n) is 5.64. The lowest BCUT2D eigenvalue weighted by molar-refractivity contribution is -0.274. The van der Waals surface area contributed by atoms with Crippen LogP contribution >= 0.6 is 0 Å². The van der Waals surface area contributed by atoms with Crippen molar-refractivity contribution in [1.29, 1.82) is 0 Å². The lowest BCUT2D eigenvalue weighted by Gasteiger charge is -2.48. The minimum Gasteiger partial charge on any atom is -0.478 e. The zero-order chi connectivity index (χ0) is 24.3. The molecule has 1 N–H and O–H groups in total. The standard InChI is InChI=1S/C24H25F3O5/c1-15(12-21(29)30)14-31-23(5)16(2)19(20(28)13-22(23,3)4)11-8-17-6-9-18(10-7-17)32-24(25,26)27/h6-7,9-10,12H,13-14H2,1-5H3,(H,29,30)/b15-12-/t23-/m1/s1. The van der Waals surface area contributed by atoms with Gasteiger partial charge >= 0.3 is 12.3 Å². The second-order valence-corrected chi connectivity index (χ2v) is 8.46. The van der Waals surface area contributed by atoms with Crippen molar-refractivity contribution in [2.75, 3.05) is 6.61 Å². The maximum Gasteiger partial charge on any atom is 0.573 e. The maximum absolute atomic E-state index is 12.8. The molecule has 8 heteroatoms. The normalized spacial score (nSPS) is 21.1. The van der Waals surface area contributed by atoms with Gasteiger partial charge in [-0.3, -0.25) is 4.79 Å². The molecule has 0 amide bonds. The molecule has 32 heavy (non-hydrogen) atoms. The number of Topliss-reactive ketones (excluding diaryl/α,β-unsaturated/α-hetero) is 1. The minimum absolute atomic E-state index is 0.0686. The molecule has 0 heterocycles. The largest absolute Gasteiger partial charge is 0.573 e. The van der Waals surface area contributed by atoms with E-state index < -0.39 is 23.3 Å². The van der Waals surface area contributed by atoms with Crippen LogP contribution in [0.1, 0.15) is 46.6 Å². The predicted octanol–water partition coefficient (Wildman–Crippen LogP) is 5.06. The van der Waals surface area contributed by atoms with Crippen LogP contribution in [-0.2, 0) is 14.3 Å². The van der Waals surface area contributed by atoms with Gasteiger partial charge in [0.05, 0.1) is 17.8 Å². The molecule has 0 fully saturated rings. The van der Waals surface area contributed by atoms with Crippen molar-refractivity contribution in [3.8, 4) is 17.6 Å². The molecule has 2 rings (SSSR count). The Morgan fingerprint density at radius 2 is 1.78 bits per heavy atom. The highest BCUT2D eigenvalue weighted by atomic mass is 19.4. The van der Waals surface area contributed by atoms with E-state index in [-0.39, 0.29) is 30.1 Å². The van der Waals surface area contributed by atoms with Crippen LogP contribution in [-0.4, -0.2) is 35.4 Å². The Morgan fingerprint density at radius 1 is 1.19 bits per heavy atom. The average Bonchev–Trinajstić information content (AvgIpc) is 2.64. The number of hydrogen-bond acceptors (Lipinski definition) is 4. The van der Waals surface area contributed by atoms with Crippen LogP contribution in [0.5, 0.6) is 5.75 Å². The van der Waals surface area contributed by atoms with Gasteiger partial charge in [0.15, 0.2) is 5.78 Å². The molecule has 0 saturated carbocycles. The van der Waals surface area contributed by atoms with Gasteiger partial charge in [-0.1, -0.05) is 25.7 Å². The van der Waals surface area contributed by atoms with E-state index in [4.69, 9.17) is 9.84 Å². The molecule has 0 spiro atoms. The first-order valence-corrected chi connectivity index (χ1v) is 9.81. The second-order valence-electron chi connectivity index (χ2n) is 8.46. The summed E-state index contributed by atoms with van der Waals surface area (Å²) in [4.78, 5) is 23.6. The zero-order valence-electron chi connectivity index (χ0n) is 18.5. The fourth-order valence-electron chi connectivity index (χ4n) is 3.47. The molecular weight excluding hydrogens is 425 g/mol. The van der Waals surface area contributed by atoms with Gasteiger partial charge in [0.25, 0.3) is 0 Å². The molecule has 1 aliphatic rings. The first kappa shape index (κ1) is 25.2. The van der Waals surface area contributed by atoms with Crippen LogP contribution in [0.3, 0.4) is 0 Å². The fourth-order valence-corrected chi connectivity index (χ4v) is 3.47. The van der Waals surface area contributed by atoms with Crippen LogP contribution in [0.4, 0.5) is 13.2 Å². The molecule has 0 aliphatic heterocycles. The van der Waals surface area contributed by atoms with Crippen LogP contribution in [0.25, 0.3) is 0 Å². The number of ether oxygens (including phenoxy) is 2. The summed E-state index contributed by atoms with van der Waals surface area (Å²) in [5, 5.41) is 8.90. The van der Waals surface area contributed by atoms with Crippen molar-refractivity contribution in [1.82, 2.24) is 0 Å². The number of carboxylic acids is 1. The Kier molecular flexibility index (Phi) is 7.26. The van der Waals surface area contributed by atoms with Crippen molar-refractivity contribution < 1.29 is 37.3 Å². The summed E-state index contributed by atoms with van der Waals surface area (Å²) in [6, 6.07) is 5.04. The molecule has 0 aromatic heterocycles. The van der Waals surface area contributed by atoms with E-state index in [1.54, 1.807) is 13.8 Å². The molecule has 0 radical (unpaired) electrons. The summed E-state index contributed by atoms with van der Waals surface area (Å²) in [5.41, 5.74) is 0.379. The van der Waals surface area contributed by atoms with E-state index in [1.807, 2.05) is 20.8 Å². The summed E-state index contributed by atoms with van der Waals surface area (Å²) in [6.07, 6.45) is -3.54. The Bertz CT molecular complexity index is 1020. The number of benzene rings is 1. The van der Waals surface area contributed by atoms with Gasteiger partial charge in [0.1, 0.15) is 5.75 Å². The Labute approximate surface area is 184 Å². The SMILES string of the molecule is CC1=C(C#Cc2ccc(OC(F)(F)F)cc2)C(=O)CC(C)(C)[C@]1(C)OC/C(C)=C\C(=O)O. The molecule has 1 aliphatic carbocycles. The number of aliphatic carboxylic acids is 1. The number of rotatable bonds is 5. The minimum atomic E-state index is -4.78. The van der Waals surface area contributed by atoms with E-state index in [1.165, 1.54) is 12.1 Å². The average molecular weight is 450 g/mol. The Hall–Kier alpha value is -3.05. The summed E-state index contributed by atoms with van der Waals surface area (Å²) < 4.78 is 46.8. The van der Waals surface area contributed by atoms with Gasteiger partial charge in [0.2, 0.25) is 0 Å². The number of ketones is 1. The molecule has 0 bridgehead atoms. The van der Waals surface area contributed by atoms with Crippen LogP contribution in [0.2, 0.25) is 0 Å². The van der Waals surface area contributed by atoms with E-state index in [2.05, 4.69) is 16.6 Å². The van der Waals surface area contributed by atoms with E-state index in [0.29, 0.717) is 16.7 Å². The number of alkyl halides is 3. The van der Waals surface area contributed by atoms with Gasteiger partial charge < -0.3 is 14.6 Å². The lowest BCUT2D eigenvalue weighted by atomic mass is 9.63. The highest BCUT2D eigenvalue weighted by Gasteiger charge is 2.49. The van der Waals surface area contributed by atoms with Crippen molar-refractivity contribution >= 4 is 11.8 Å². The van der Waals surface area contributed by atoms with Crippen LogP contribution in [0, 0.1) is 17.3 Å². The molecular formula is C24H25F3O5. The van der Waals surface area contributed by atoms with Gasteiger partial charge in [-0.2, -0.15) is 0 Å². The van der Waals surface area contributed by atoms with Gasteiger partial charge in [-0.25, -0.2) is 4.79 Å². The number of hydrogen-bond donors (Lipinski definition) is 1. The number of allylic oxidation sites excluding steroid dienone is 1. The third-order valence-corrected chi connectivity index (χ3v) is 5.64. The molecule has 1 aromatic carbocycles. The van der Waals surface area contributed by atoms with E-state index >= 15 is 0 Å². The Morgan fingerprint density at radius 3 is 2.31 bits per heavy atom. The monoisotopic (exact) mass is 450 g/mol. The maximum atomic E-state index is 12.8. The molecule has 1 aromatic rings. The highest BCUT2D eigenvalue weighted by molar-refractivity contribution is 6.02. The third kappa shape index (κ3) is 6.01. The molecule has 0 saturated heterocycles.